The van der Waals surface area contributed by atoms with Gasteiger partial charge in [0.2, 0.25) is 0 Å². The van der Waals surface area contributed by atoms with Crippen molar-refractivity contribution in [2.45, 2.75) is 26.7 Å². The summed E-state index contributed by atoms with van der Waals surface area (Å²) in [5, 5.41) is 0.695. The second-order valence-corrected chi connectivity index (χ2v) is 6.32. The van der Waals surface area contributed by atoms with E-state index in [0.29, 0.717) is 5.02 Å². The van der Waals surface area contributed by atoms with Gasteiger partial charge in [0.05, 0.1) is 22.4 Å². The Morgan fingerprint density at radius 2 is 2.04 bits per heavy atom. The molecule has 0 N–H and O–H groups in total. The van der Waals surface area contributed by atoms with E-state index >= 15 is 0 Å². The zero-order valence-electron chi connectivity index (χ0n) is 13.6. The van der Waals surface area contributed by atoms with Crippen LogP contribution < -0.4 is 0 Å². The molecular formula is C19H17ClN4. The van der Waals surface area contributed by atoms with Gasteiger partial charge in [0.1, 0.15) is 11.3 Å². The molecule has 4 rings (SSSR count). The Labute approximate surface area is 145 Å². The van der Waals surface area contributed by atoms with Crippen molar-refractivity contribution in [3.05, 3.63) is 59.0 Å². The molecule has 0 fully saturated rings. The van der Waals surface area contributed by atoms with Gasteiger partial charge in [-0.05, 0) is 43.2 Å². The lowest BCUT2D eigenvalue weighted by atomic mass is 10.1. The Morgan fingerprint density at radius 1 is 1.17 bits per heavy atom. The highest BCUT2D eigenvalue weighted by atomic mass is 35.5. The van der Waals surface area contributed by atoms with Gasteiger partial charge in [-0.1, -0.05) is 31.0 Å². The molecule has 24 heavy (non-hydrogen) atoms. The van der Waals surface area contributed by atoms with Crippen LogP contribution in [0, 0.1) is 6.92 Å². The Hall–Kier alpha value is -2.46. The standard InChI is InChI=1S/C19H17ClN4/c1-3-5-13-7-8-15(20)14(10-13)18-22-11-17-12(2)23-16-6-4-9-21-19(16)24(17)18/h4,6-11H,3,5H2,1-2H3. The molecule has 4 nitrogen and oxygen atoms in total. The van der Waals surface area contributed by atoms with Gasteiger partial charge in [0.15, 0.2) is 5.65 Å². The minimum atomic E-state index is 0.695. The van der Waals surface area contributed by atoms with E-state index in [4.69, 9.17) is 11.6 Å². The van der Waals surface area contributed by atoms with Crippen LogP contribution in [0.3, 0.4) is 0 Å². The van der Waals surface area contributed by atoms with Crippen molar-refractivity contribution in [2.24, 2.45) is 0 Å². The van der Waals surface area contributed by atoms with Crippen LogP contribution >= 0.6 is 11.6 Å². The molecule has 0 spiro atoms. The van der Waals surface area contributed by atoms with Crippen LogP contribution in [-0.2, 0) is 6.42 Å². The quantitative estimate of drug-likeness (QED) is 0.536. The molecule has 3 heterocycles. The van der Waals surface area contributed by atoms with Crippen LogP contribution in [0.5, 0.6) is 0 Å². The molecular weight excluding hydrogens is 320 g/mol. The minimum Gasteiger partial charge on any atom is -0.273 e. The molecule has 0 saturated heterocycles. The molecule has 0 bridgehead atoms. The number of aromatic nitrogens is 4. The van der Waals surface area contributed by atoms with Gasteiger partial charge in [-0.3, -0.25) is 4.40 Å². The smallest absolute Gasteiger partial charge is 0.164 e. The lowest BCUT2D eigenvalue weighted by Crippen LogP contribution is -1.99. The fraction of sp³-hybridized carbons (Fsp3) is 0.211. The molecule has 0 aliphatic rings. The number of pyridine rings is 1. The third-order valence-corrected chi connectivity index (χ3v) is 4.54. The van der Waals surface area contributed by atoms with Gasteiger partial charge in [-0.2, -0.15) is 0 Å². The molecule has 0 aliphatic carbocycles. The van der Waals surface area contributed by atoms with Crippen molar-refractivity contribution >= 4 is 28.3 Å². The molecule has 0 atom stereocenters. The maximum Gasteiger partial charge on any atom is 0.164 e. The summed E-state index contributed by atoms with van der Waals surface area (Å²) in [6.07, 6.45) is 5.73. The summed E-state index contributed by atoms with van der Waals surface area (Å²) in [6.45, 7) is 4.16. The first-order chi connectivity index (χ1) is 11.7. The van der Waals surface area contributed by atoms with Gasteiger partial charge in [-0.15, -0.1) is 0 Å². The van der Waals surface area contributed by atoms with E-state index in [9.17, 15) is 0 Å². The fourth-order valence-corrected chi connectivity index (χ4v) is 3.29. The molecule has 120 valence electrons. The van der Waals surface area contributed by atoms with Crippen molar-refractivity contribution in [3.63, 3.8) is 0 Å². The van der Waals surface area contributed by atoms with Crippen molar-refractivity contribution in [1.29, 1.82) is 0 Å². The monoisotopic (exact) mass is 336 g/mol. The first kappa shape index (κ1) is 15.1. The summed E-state index contributed by atoms with van der Waals surface area (Å²) < 4.78 is 2.05. The van der Waals surface area contributed by atoms with Gasteiger partial charge in [-0.25, -0.2) is 15.0 Å². The summed E-state index contributed by atoms with van der Waals surface area (Å²) in [5.41, 5.74) is 5.71. The third-order valence-electron chi connectivity index (χ3n) is 4.21. The summed E-state index contributed by atoms with van der Waals surface area (Å²) in [4.78, 5) is 13.8. The average Bonchev–Trinajstić information content (AvgIpc) is 3.03. The highest BCUT2D eigenvalue weighted by Crippen LogP contribution is 2.31. The molecule has 0 radical (unpaired) electrons. The number of aryl methyl sites for hydroxylation is 2. The van der Waals surface area contributed by atoms with Crippen LogP contribution in [0.25, 0.3) is 28.1 Å². The normalized spacial score (nSPS) is 11.5. The highest BCUT2D eigenvalue weighted by Gasteiger charge is 2.16. The van der Waals surface area contributed by atoms with E-state index in [0.717, 1.165) is 46.6 Å². The molecule has 0 saturated carbocycles. The first-order valence-corrected chi connectivity index (χ1v) is 8.44. The van der Waals surface area contributed by atoms with Crippen molar-refractivity contribution in [2.75, 3.05) is 0 Å². The molecule has 1 aromatic carbocycles. The Balaban J connectivity index is 2.06. The van der Waals surface area contributed by atoms with Crippen LogP contribution in [-0.4, -0.2) is 19.4 Å². The maximum atomic E-state index is 6.49. The molecule has 5 heteroatoms. The third kappa shape index (κ3) is 2.34. The van der Waals surface area contributed by atoms with Crippen molar-refractivity contribution < 1.29 is 0 Å². The average molecular weight is 337 g/mol. The molecule has 0 amide bonds. The zero-order valence-corrected chi connectivity index (χ0v) is 14.4. The second kappa shape index (κ2) is 5.87. The predicted molar refractivity (Wildman–Crippen MR) is 97.5 cm³/mol. The lowest BCUT2D eigenvalue weighted by Gasteiger charge is -2.09. The second-order valence-electron chi connectivity index (χ2n) is 5.91. The van der Waals surface area contributed by atoms with E-state index in [2.05, 4.69) is 38.4 Å². The molecule has 4 aromatic rings. The number of imidazole rings is 1. The minimum absolute atomic E-state index is 0.695. The number of fused-ring (bicyclic) bond motifs is 3. The fourth-order valence-electron chi connectivity index (χ4n) is 3.09. The number of hydrogen-bond donors (Lipinski definition) is 0. The number of hydrogen-bond acceptors (Lipinski definition) is 3. The number of benzene rings is 1. The van der Waals surface area contributed by atoms with Gasteiger partial charge in [0, 0.05) is 11.8 Å². The van der Waals surface area contributed by atoms with Gasteiger partial charge in [0.25, 0.3) is 0 Å². The van der Waals surface area contributed by atoms with E-state index < -0.39 is 0 Å². The molecule has 0 aliphatic heterocycles. The molecule has 0 unspecified atom stereocenters. The highest BCUT2D eigenvalue weighted by molar-refractivity contribution is 6.33. The van der Waals surface area contributed by atoms with E-state index in [1.54, 1.807) is 6.20 Å². The summed E-state index contributed by atoms with van der Waals surface area (Å²) in [7, 11) is 0. The number of rotatable bonds is 3. The van der Waals surface area contributed by atoms with Crippen LogP contribution in [0.4, 0.5) is 0 Å². The first-order valence-electron chi connectivity index (χ1n) is 8.06. The SMILES string of the molecule is CCCc1ccc(Cl)c(-c2ncc3c(C)nc4cccnc4n23)c1. The van der Waals surface area contributed by atoms with Crippen LogP contribution in [0.2, 0.25) is 5.02 Å². The maximum absolute atomic E-state index is 6.49. The van der Waals surface area contributed by atoms with E-state index in [1.165, 1.54) is 5.56 Å². The number of nitrogens with zero attached hydrogens (tertiary/aromatic N) is 4. The lowest BCUT2D eigenvalue weighted by molar-refractivity contribution is 0.922. The van der Waals surface area contributed by atoms with Crippen LogP contribution in [0.1, 0.15) is 24.6 Å². The summed E-state index contributed by atoms with van der Waals surface area (Å²) >= 11 is 6.49. The Morgan fingerprint density at radius 3 is 2.88 bits per heavy atom. The van der Waals surface area contributed by atoms with Crippen LogP contribution in [0.15, 0.2) is 42.7 Å². The van der Waals surface area contributed by atoms with E-state index in [1.807, 2.05) is 31.3 Å². The summed E-state index contributed by atoms with van der Waals surface area (Å²) in [6, 6.07) is 10.0. The Kier molecular flexibility index (Phi) is 3.69. The number of halogens is 1. The largest absolute Gasteiger partial charge is 0.273 e. The molecule has 3 aromatic heterocycles. The summed E-state index contributed by atoms with van der Waals surface area (Å²) in [5.74, 6) is 0.808. The Bertz CT molecular complexity index is 1050. The van der Waals surface area contributed by atoms with Gasteiger partial charge >= 0.3 is 0 Å². The van der Waals surface area contributed by atoms with Crippen molar-refractivity contribution in [1.82, 2.24) is 19.4 Å². The topological polar surface area (TPSA) is 43.1 Å². The van der Waals surface area contributed by atoms with Crippen molar-refractivity contribution in [3.8, 4) is 11.4 Å². The predicted octanol–water partition coefficient (Wildman–Crippen LogP) is 4.86. The zero-order chi connectivity index (χ0) is 16.7. The van der Waals surface area contributed by atoms with E-state index in [-0.39, 0.29) is 0 Å². The van der Waals surface area contributed by atoms with Gasteiger partial charge < -0.3 is 0 Å².